The predicted molar refractivity (Wildman–Crippen MR) is 70.0 cm³/mol. The van der Waals surface area contributed by atoms with Crippen molar-refractivity contribution in [2.45, 2.75) is 29.1 Å². The molecule has 0 saturated heterocycles. The first-order valence-corrected chi connectivity index (χ1v) is 7.43. The van der Waals surface area contributed by atoms with Gasteiger partial charge in [0.2, 0.25) is 0 Å². The number of rotatable bonds is 5. The lowest BCUT2D eigenvalue weighted by Crippen LogP contribution is -2.01. The van der Waals surface area contributed by atoms with E-state index in [2.05, 4.69) is 15.9 Å². The molecule has 0 aliphatic carbocycles. The summed E-state index contributed by atoms with van der Waals surface area (Å²) in [6.07, 6.45) is 1.66. The molecule has 0 amide bonds. The monoisotopic (exact) mass is 346 g/mol. The third-order valence-electron chi connectivity index (χ3n) is 2.10. The smallest absolute Gasteiger partial charge is 0.160 e. The Morgan fingerprint density at radius 2 is 2.00 bits per heavy atom. The molecule has 0 aromatic heterocycles. The molecule has 0 unspecified atom stereocenters. The minimum atomic E-state index is -4.27. The largest absolute Gasteiger partial charge is 0.446 e. The number of benzene rings is 1. The lowest BCUT2D eigenvalue weighted by molar-refractivity contribution is -0.0328. The van der Waals surface area contributed by atoms with E-state index in [1.165, 1.54) is 0 Å². The second-order valence-electron chi connectivity index (χ2n) is 3.42. The Labute approximate surface area is 116 Å². The third-order valence-corrected chi connectivity index (χ3v) is 3.78. The molecule has 0 bridgehead atoms. The highest BCUT2D eigenvalue weighted by Gasteiger charge is 2.30. The van der Waals surface area contributed by atoms with Gasteiger partial charge in [0, 0.05) is 16.1 Å². The summed E-state index contributed by atoms with van der Waals surface area (Å²) in [6.45, 7) is 0. The van der Waals surface area contributed by atoms with Crippen molar-refractivity contribution in [1.82, 2.24) is 0 Å². The van der Waals surface area contributed by atoms with Crippen molar-refractivity contribution in [1.29, 1.82) is 0 Å². The van der Waals surface area contributed by atoms with Gasteiger partial charge < -0.3 is 0 Å². The summed E-state index contributed by atoms with van der Waals surface area (Å²) in [7, 11) is 0. The number of hydrogen-bond donors (Lipinski definition) is 0. The molecule has 0 spiro atoms. The second kappa shape index (κ2) is 6.90. The lowest BCUT2D eigenvalue weighted by Gasteiger charge is -2.11. The Balaban J connectivity index is 2.90. The topological polar surface area (TPSA) is 0 Å². The van der Waals surface area contributed by atoms with E-state index in [4.69, 9.17) is 11.6 Å². The van der Waals surface area contributed by atoms with E-state index in [-0.39, 0.29) is 22.5 Å². The van der Waals surface area contributed by atoms with Crippen LogP contribution in [0.3, 0.4) is 0 Å². The molecule has 17 heavy (non-hydrogen) atoms. The predicted octanol–water partition coefficient (Wildman–Crippen LogP) is 5.36. The highest BCUT2D eigenvalue weighted by atomic mass is 79.9. The van der Waals surface area contributed by atoms with Crippen molar-refractivity contribution in [2.75, 3.05) is 5.33 Å². The molecule has 0 heterocycles. The van der Waals surface area contributed by atoms with Crippen LogP contribution in [0.1, 0.15) is 17.5 Å². The Kier molecular flexibility index (Phi) is 6.17. The van der Waals surface area contributed by atoms with Gasteiger partial charge >= 0.3 is 5.51 Å². The van der Waals surface area contributed by atoms with Gasteiger partial charge in [0.05, 0.1) is 0 Å². The van der Waals surface area contributed by atoms with E-state index in [1.807, 2.05) is 6.07 Å². The quantitative estimate of drug-likeness (QED) is 0.510. The van der Waals surface area contributed by atoms with Gasteiger partial charge in [0.15, 0.2) is 0 Å². The first-order chi connectivity index (χ1) is 7.96. The van der Waals surface area contributed by atoms with Crippen LogP contribution in [0.2, 0.25) is 0 Å². The van der Waals surface area contributed by atoms with Gasteiger partial charge in [0.1, 0.15) is 0 Å². The van der Waals surface area contributed by atoms with Crippen LogP contribution in [0.25, 0.3) is 0 Å². The van der Waals surface area contributed by atoms with Gasteiger partial charge in [0.25, 0.3) is 0 Å². The standard InChI is InChI=1S/C11H11BrClF3S/c12-5-1-2-8-3-4-9(7-13)10(6-8)17-11(14,15)16/h3-4,6H,1-2,5,7H2. The van der Waals surface area contributed by atoms with Gasteiger partial charge in [-0.3, -0.25) is 0 Å². The Hall–Kier alpha value is 0.130. The molecule has 0 radical (unpaired) electrons. The maximum absolute atomic E-state index is 12.4. The molecular formula is C11H11BrClF3S. The van der Waals surface area contributed by atoms with Crippen molar-refractivity contribution in [3.63, 3.8) is 0 Å². The van der Waals surface area contributed by atoms with Gasteiger partial charge in [-0.1, -0.05) is 28.1 Å². The average Bonchev–Trinajstić information content (AvgIpc) is 2.24. The van der Waals surface area contributed by atoms with Crippen LogP contribution in [0.4, 0.5) is 13.2 Å². The fraction of sp³-hybridized carbons (Fsp3) is 0.455. The third kappa shape index (κ3) is 5.53. The Morgan fingerprint density at radius 1 is 1.29 bits per heavy atom. The van der Waals surface area contributed by atoms with E-state index in [0.29, 0.717) is 5.56 Å². The maximum Gasteiger partial charge on any atom is 0.446 e. The number of alkyl halides is 5. The Morgan fingerprint density at radius 3 is 2.53 bits per heavy atom. The highest BCUT2D eigenvalue weighted by Crippen LogP contribution is 2.39. The maximum atomic E-state index is 12.4. The van der Waals surface area contributed by atoms with Crippen molar-refractivity contribution in [3.05, 3.63) is 29.3 Å². The molecule has 0 nitrogen and oxygen atoms in total. The summed E-state index contributed by atoms with van der Waals surface area (Å²) in [5, 5.41) is 0.839. The highest BCUT2D eigenvalue weighted by molar-refractivity contribution is 9.09. The van der Waals surface area contributed by atoms with Crippen LogP contribution in [0.15, 0.2) is 23.1 Å². The van der Waals surface area contributed by atoms with Crippen molar-refractivity contribution in [2.24, 2.45) is 0 Å². The van der Waals surface area contributed by atoms with Crippen LogP contribution in [-0.2, 0) is 12.3 Å². The molecule has 0 fully saturated rings. The van der Waals surface area contributed by atoms with E-state index in [1.54, 1.807) is 12.1 Å². The first-order valence-electron chi connectivity index (χ1n) is 4.95. The normalized spacial score (nSPS) is 11.8. The van der Waals surface area contributed by atoms with Gasteiger partial charge in [-0.05, 0) is 41.8 Å². The molecule has 96 valence electrons. The SMILES string of the molecule is FC(F)(F)Sc1cc(CCCBr)ccc1CCl. The molecule has 1 rings (SSSR count). The summed E-state index contributed by atoms with van der Waals surface area (Å²) in [5.74, 6) is 0.0944. The van der Waals surface area contributed by atoms with Gasteiger partial charge in [-0.25, -0.2) is 0 Å². The molecular weight excluding hydrogens is 337 g/mol. The zero-order valence-electron chi connectivity index (χ0n) is 8.86. The van der Waals surface area contributed by atoms with Crippen LogP contribution < -0.4 is 0 Å². The second-order valence-corrected chi connectivity index (χ2v) is 5.58. The van der Waals surface area contributed by atoms with Crippen molar-refractivity contribution in [3.8, 4) is 0 Å². The molecule has 6 heteroatoms. The molecule has 0 aliphatic rings. The average molecular weight is 348 g/mol. The lowest BCUT2D eigenvalue weighted by atomic mass is 10.1. The number of halogens is 5. The summed E-state index contributed by atoms with van der Waals surface area (Å²) in [5.41, 5.74) is -2.84. The zero-order valence-corrected chi connectivity index (χ0v) is 12.0. The summed E-state index contributed by atoms with van der Waals surface area (Å²) < 4.78 is 37.1. The van der Waals surface area contributed by atoms with Gasteiger partial charge in [-0.15, -0.1) is 11.6 Å². The van der Waals surface area contributed by atoms with E-state index < -0.39 is 5.51 Å². The Bertz CT molecular complexity index is 368. The van der Waals surface area contributed by atoms with Crippen LogP contribution in [0.5, 0.6) is 0 Å². The summed E-state index contributed by atoms with van der Waals surface area (Å²) in [6, 6.07) is 5.09. The van der Waals surface area contributed by atoms with E-state index in [0.717, 1.165) is 23.7 Å². The zero-order chi connectivity index (χ0) is 12.9. The summed E-state index contributed by atoms with van der Waals surface area (Å²) in [4.78, 5) is 0.208. The molecule has 1 aromatic rings. The fourth-order valence-electron chi connectivity index (χ4n) is 1.36. The van der Waals surface area contributed by atoms with Crippen molar-refractivity contribution < 1.29 is 13.2 Å². The number of hydrogen-bond acceptors (Lipinski definition) is 1. The summed E-state index contributed by atoms with van der Waals surface area (Å²) >= 11 is 8.83. The first kappa shape index (κ1) is 15.2. The van der Waals surface area contributed by atoms with Crippen LogP contribution in [-0.4, -0.2) is 10.8 Å². The fourth-order valence-corrected chi connectivity index (χ4v) is 2.68. The van der Waals surface area contributed by atoms with E-state index in [9.17, 15) is 13.2 Å². The van der Waals surface area contributed by atoms with Gasteiger partial charge in [-0.2, -0.15) is 13.2 Å². The molecule has 0 saturated carbocycles. The number of thioether (sulfide) groups is 1. The van der Waals surface area contributed by atoms with E-state index >= 15 is 0 Å². The molecule has 0 aliphatic heterocycles. The van der Waals surface area contributed by atoms with Crippen LogP contribution in [0, 0.1) is 0 Å². The molecule has 0 N–H and O–H groups in total. The molecule has 1 aromatic carbocycles. The van der Waals surface area contributed by atoms with Crippen LogP contribution >= 0.6 is 39.3 Å². The minimum absolute atomic E-state index is 0.0944. The number of aryl methyl sites for hydroxylation is 1. The minimum Gasteiger partial charge on any atom is -0.160 e. The molecule has 0 atom stereocenters. The van der Waals surface area contributed by atoms with Crippen molar-refractivity contribution >= 4 is 39.3 Å².